The minimum absolute atomic E-state index is 0.0108. The van der Waals surface area contributed by atoms with Gasteiger partial charge in [0, 0.05) is 22.1 Å². The van der Waals surface area contributed by atoms with Gasteiger partial charge in [0.2, 0.25) is 5.91 Å². The molecule has 2 rings (SSSR count). The van der Waals surface area contributed by atoms with E-state index in [1.165, 1.54) is 23.9 Å². The molecule has 0 aliphatic rings. The molecule has 0 bridgehead atoms. The van der Waals surface area contributed by atoms with Crippen molar-refractivity contribution in [2.45, 2.75) is 11.3 Å². The molecular weight excluding hydrogens is 332 g/mol. The van der Waals surface area contributed by atoms with Gasteiger partial charge in [-0.3, -0.25) is 4.79 Å². The van der Waals surface area contributed by atoms with E-state index in [4.69, 9.17) is 23.2 Å². The smallest absolute Gasteiger partial charge is 0.225 e. The van der Waals surface area contributed by atoms with E-state index < -0.39 is 5.82 Å². The van der Waals surface area contributed by atoms with Crippen molar-refractivity contribution in [3.8, 4) is 0 Å². The van der Waals surface area contributed by atoms with Crippen LogP contribution in [0.5, 0.6) is 0 Å². The van der Waals surface area contributed by atoms with E-state index >= 15 is 0 Å². The summed E-state index contributed by atoms with van der Waals surface area (Å²) in [5.74, 6) is -0.272. The van der Waals surface area contributed by atoms with Crippen molar-refractivity contribution >= 4 is 46.6 Å². The number of anilines is 1. The van der Waals surface area contributed by atoms with Crippen LogP contribution in [0.2, 0.25) is 10.0 Å². The molecule has 110 valence electrons. The zero-order valence-corrected chi connectivity index (χ0v) is 13.2. The summed E-state index contributed by atoms with van der Waals surface area (Å²) < 4.78 is 13.6. The van der Waals surface area contributed by atoms with Crippen LogP contribution in [-0.4, -0.2) is 11.7 Å². The second kappa shape index (κ2) is 7.69. The quantitative estimate of drug-likeness (QED) is 0.750. The second-order valence-corrected chi connectivity index (χ2v) is 6.21. The van der Waals surface area contributed by atoms with Gasteiger partial charge in [0.25, 0.3) is 0 Å². The summed E-state index contributed by atoms with van der Waals surface area (Å²) in [6.07, 6.45) is 0.277. The molecule has 1 amide bonds. The molecule has 2 aromatic rings. The van der Waals surface area contributed by atoms with Gasteiger partial charge >= 0.3 is 0 Å². The Morgan fingerprint density at radius 2 is 1.86 bits per heavy atom. The third-order valence-electron chi connectivity index (χ3n) is 2.64. The molecule has 0 fully saturated rings. The minimum Gasteiger partial charge on any atom is -0.324 e. The number of hydrogen-bond acceptors (Lipinski definition) is 2. The minimum atomic E-state index is -0.613. The SMILES string of the molecule is O=C(CCSc1ccc(Cl)cc1)Nc1cccc(Cl)c1F. The van der Waals surface area contributed by atoms with E-state index in [2.05, 4.69) is 5.32 Å². The van der Waals surface area contributed by atoms with Crippen molar-refractivity contribution in [1.82, 2.24) is 0 Å². The second-order valence-electron chi connectivity index (χ2n) is 4.20. The van der Waals surface area contributed by atoms with Crippen molar-refractivity contribution in [2.24, 2.45) is 0 Å². The Hall–Kier alpha value is -1.23. The summed E-state index contributed by atoms with van der Waals surface area (Å²) in [5.41, 5.74) is 0.101. The van der Waals surface area contributed by atoms with Gasteiger partial charge in [0.1, 0.15) is 0 Å². The van der Waals surface area contributed by atoms with Crippen LogP contribution in [0.4, 0.5) is 10.1 Å². The highest BCUT2D eigenvalue weighted by molar-refractivity contribution is 7.99. The number of hydrogen-bond donors (Lipinski definition) is 1. The third kappa shape index (κ3) is 4.92. The normalized spacial score (nSPS) is 10.4. The Labute approximate surface area is 136 Å². The summed E-state index contributed by atoms with van der Waals surface area (Å²) in [4.78, 5) is 12.8. The predicted octanol–water partition coefficient (Wildman–Crippen LogP) is 5.25. The number of benzene rings is 2. The van der Waals surface area contributed by atoms with Crippen molar-refractivity contribution in [3.63, 3.8) is 0 Å². The van der Waals surface area contributed by atoms with Crippen LogP contribution in [0.1, 0.15) is 6.42 Å². The highest BCUT2D eigenvalue weighted by atomic mass is 35.5. The maximum atomic E-state index is 13.6. The highest BCUT2D eigenvalue weighted by Crippen LogP contribution is 2.23. The lowest BCUT2D eigenvalue weighted by atomic mass is 10.3. The molecule has 0 aromatic heterocycles. The lowest BCUT2D eigenvalue weighted by Gasteiger charge is -2.07. The first kappa shape index (κ1) is 16.1. The zero-order valence-electron chi connectivity index (χ0n) is 10.9. The van der Waals surface area contributed by atoms with Gasteiger partial charge in [-0.2, -0.15) is 0 Å². The fourth-order valence-electron chi connectivity index (χ4n) is 1.61. The molecule has 0 spiro atoms. The molecule has 0 saturated carbocycles. The molecule has 1 N–H and O–H groups in total. The van der Waals surface area contributed by atoms with Gasteiger partial charge in [-0.1, -0.05) is 29.3 Å². The van der Waals surface area contributed by atoms with E-state index in [9.17, 15) is 9.18 Å². The Kier molecular flexibility index (Phi) is 5.91. The zero-order chi connectivity index (χ0) is 15.2. The Bertz CT molecular complexity index is 634. The number of rotatable bonds is 5. The van der Waals surface area contributed by atoms with Crippen molar-refractivity contribution < 1.29 is 9.18 Å². The largest absolute Gasteiger partial charge is 0.324 e. The van der Waals surface area contributed by atoms with E-state index in [1.807, 2.05) is 12.1 Å². The number of amides is 1. The first-order chi connectivity index (χ1) is 10.1. The van der Waals surface area contributed by atoms with Crippen molar-refractivity contribution in [1.29, 1.82) is 0 Å². The molecule has 0 atom stereocenters. The van der Waals surface area contributed by atoms with E-state index in [1.54, 1.807) is 18.2 Å². The fraction of sp³-hybridized carbons (Fsp3) is 0.133. The van der Waals surface area contributed by atoms with Crippen LogP contribution in [0, 0.1) is 5.82 Å². The van der Waals surface area contributed by atoms with Gasteiger partial charge < -0.3 is 5.32 Å². The van der Waals surface area contributed by atoms with Gasteiger partial charge in [-0.05, 0) is 36.4 Å². The molecular formula is C15H12Cl2FNOS. The Morgan fingerprint density at radius 1 is 1.14 bits per heavy atom. The summed E-state index contributed by atoms with van der Waals surface area (Å²) in [7, 11) is 0. The number of nitrogens with one attached hydrogen (secondary N) is 1. The predicted molar refractivity (Wildman–Crippen MR) is 86.8 cm³/mol. The van der Waals surface area contributed by atoms with Crippen LogP contribution in [-0.2, 0) is 4.79 Å². The molecule has 2 aromatic carbocycles. The molecule has 0 saturated heterocycles. The molecule has 0 aliphatic heterocycles. The summed E-state index contributed by atoms with van der Waals surface area (Å²) in [6.45, 7) is 0. The Balaban J connectivity index is 1.82. The average Bonchev–Trinajstić information content (AvgIpc) is 2.46. The monoisotopic (exact) mass is 343 g/mol. The summed E-state index contributed by atoms with van der Waals surface area (Å²) in [5, 5.41) is 3.18. The van der Waals surface area contributed by atoms with Crippen LogP contribution in [0.3, 0.4) is 0 Å². The lowest BCUT2D eigenvalue weighted by Crippen LogP contribution is -2.13. The third-order valence-corrected chi connectivity index (χ3v) is 4.19. The van der Waals surface area contributed by atoms with Crippen molar-refractivity contribution in [2.75, 3.05) is 11.1 Å². The average molecular weight is 344 g/mol. The van der Waals surface area contributed by atoms with Crippen LogP contribution >= 0.6 is 35.0 Å². The fourth-order valence-corrected chi connectivity index (χ4v) is 2.76. The molecule has 0 heterocycles. The van der Waals surface area contributed by atoms with E-state index in [0.29, 0.717) is 10.8 Å². The number of carbonyl (C=O) groups excluding carboxylic acids is 1. The van der Waals surface area contributed by atoms with Crippen LogP contribution in [0.15, 0.2) is 47.4 Å². The van der Waals surface area contributed by atoms with Crippen molar-refractivity contribution in [3.05, 3.63) is 58.3 Å². The van der Waals surface area contributed by atoms with E-state index in [0.717, 1.165) is 4.90 Å². The first-order valence-electron chi connectivity index (χ1n) is 6.18. The summed E-state index contributed by atoms with van der Waals surface area (Å²) in [6, 6.07) is 11.9. The first-order valence-corrected chi connectivity index (χ1v) is 7.92. The lowest BCUT2D eigenvalue weighted by molar-refractivity contribution is -0.115. The maximum Gasteiger partial charge on any atom is 0.225 e. The molecule has 6 heteroatoms. The standard InChI is InChI=1S/C15H12Cl2FNOS/c16-10-4-6-11(7-5-10)21-9-8-14(20)19-13-3-1-2-12(17)15(13)18/h1-7H,8-9H2,(H,19,20). The molecule has 2 nitrogen and oxygen atoms in total. The van der Waals surface area contributed by atoms with E-state index in [-0.39, 0.29) is 23.0 Å². The molecule has 0 radical (unpaired) electrons. The highest BCUT2D eigenvalue weighted by Gasteiger charge is 2.09. The summed E-state index contributed by atoms with van der Waals surface area (Å²) >= 11 is 13.0. The number of halogens is 3. The van der Waals surface area contributed by atoms with Gasteiger partial charge in [-0.25, -0.2) is 4.39 Å². The molecule has 21 heavy (non-hydrogen) atoms. The number of carbonyl (C=O) groups is 1. The molecule has 0 unspecified atom stereocenters. The molecule has 0 aliphatic carbocycles. The van der Waals surface area contributed by atoms with Crippen LogP contribution < -0.4 is 5.32 Å². The van der Waals surface area contributed by atoms with Gasteiger partial charge in [-0.15, -0.1) is 11.8 Å². The number of thioether (sulfide) groups is 1. The Morgan fingerprint density at radius 3 is 2.57 bits per heavy atom. The van der Waals surface area contributed by atoms with Crippen LogP contribution in [0.25, 0.3) is 0 Å². The maximum absolute atomic E-state index is 13.6. The van der Waals surface area contributed by atoms with Gasteiger partial charge in [0.05, 0.1) is 10.7 Å². The topological polar surface area (TPSA) is 29.1 Å². The van der Waals surface area contributed by atoms with Gasteiger partial charge in [0.15, 0.2) is 5.82 Å².